The van der Waals surface area contributed by atoms with Crippen LogP contribution in [0.4, 0.5) is 0 Å². The first-order valence-electron chi connectivity index (χ1n) is 16.1. The zero-order chi connectivity index (χ0) is 34.5. The number of rotatable bonds is 9. The molecule has 0 heterocycles. The second kappa shape index (κ2) is 14.5. The number of esters is 3. The maximum Gasteiger partial charge on any atom is 0.337 e. The molecule has 1 N–H and O–H groups in total. The van der Waals surface area contributed by atoms with Gasteiger partial charge in [0.1, 0.15) is 12.2 Å². The fourth-order valence-corrected chi connectivity index (χ4v) is 7.61. The van der Waals surface area contributed by atoms with Crippen molar-refractivity contribution in [2.75, 3.05) is 6.61 Å². The number of carbonyl (C=O) groups excluding carboxylic acids is 3. The van der Waals surface area contributed by atoms with Gasteiger partial charge in [-0.1, -0.05) is 75.1 Å². The summed E-state index contributed by atoms with van der Waals surface area (Å²) in [6, 6.07) is 0. The molecule has 4 fully saturated rings. The minimum Gasteiger partial charge on any atom is -0.478 e. The third-order valence-electron chi connectivity index (χ3n) is 11.7. The quantitative estimate of drug-likeness (QED) is 0.120. The molecule has 0 aromatic heterocycles. The van der Waals surface area contributed by atoms with E-state index < -0.39 is 11.9 Å². The van der Waals surface area contributed by atoms with Gasteiger partial charge in [0.05, 0.1) is 12.2 Å². The van der Waals surface area contributed by atoms with Gasteiger partial charge in [0.2, 0.25) is 0 Å². The highest BCUT2D eigenvalue weighted by molar-refractivity contribution is 5.93. The van der Waals surface area contributed by atoms with E-state index in [1.807, 2.05) is 13.8 Å². The van der Waals surface area contributed by atoms with Crippen molar-refractivity contribution in [3.63, 3.8) is 0 Å². The Balaban J connectivity index is 0.000000236. The van der Waals surface area contributed by atoms with E-state index in [1.165, 1.54) is 31.8 Å². The van der Waals surface area contributed by atoms with Gasteiger partial charge >= 0.3 is 23.9 Å². The number of ether oxygens (including phenoxy) is 3. The monoisotopic (exact) mass is 628 g/mol. The first-order chi connectivity index (χ1) is 20.6. The minimum absolute atomic E-state index is 0.0352. The van der Waals surface area contributed by atoms with E-state index in [9.17, 15) is 19.2 Å². The van der Waals surface area contributed by atoms with Gasteiger partial charge in [0, 0.05) is 28.6 Å². The first-order valence-corrected chi connectivity index (χ1v) is 16.1. The third-order valence-corrected chi connectivity index (χ3v) is 11.7. The van der Waals surface area contributed by atoms with E-state index in [0.717, 1.165) is 25.0 Å². The van der Waals surface area contributed by atoms with Crippen LogP contribution < -0.4 is 0 Å². The molecule has 0 saturated heterocycles. The largest absolute Gasteiger partial charge is 0.478 e. The summed E-state index contributed by atoms with van der Waals surface area (Å²) in [7, 11) is 0. The van der Waals surface area contributed by atoms with E-state index in [4.69, 9.17) is 19.3 Å². The molecule has 0 radical (unpaired) electrons. The zero-order valence-electron chi connectivity index (χ0n) is 29.0. The van der Waals surface area contributed by atoms with Gasteiger partial charge in [-0.2, -0.15) is 0 Å². The predicted molar refractivity (Wildman–Crippen MR) is 175 cm³/mol. The van der Waals surface area contributed by atoms with Gasteiger partial charge in [0.15, 0.2) is 0 Å². The second-order valence-corrected chi connectivity index (χ2v) is 15.2. The van der Waals surface area contributed by atoms with Gasteiger partial charge in [-0.15, -0.1) is 0 Å². The molecular weight excluding hydrogens is 572 g/mol. The molecule has 45 heavy (non-hydrogen) atoms. The maximum atomic E-state index is 11.6. The standard InChI is InChI=1S/C14H22O2.C13H20O2.C10H14O4/c1-9(2)12(15)16-11-8-10-6-7-14(11,5)13(10,3)4;1-5-11(14)15-10-8-9-6-7-13(10,4)12(9,2)3;1-7(2)6-14-10(13)8(3)4-5-9(11)12/h10-11H,1,6-8H2,2-5H3;5,9-10H,1,6-8H2,2-4H3;4-5,7H,3,6H2,1-2H3,(H,11,12). The van der Waals surface area contributed by atoms with Crippen LogP contribution in [-0.4, -0.2) is 47.8 Å². The highest BCUT2D eigenvalue weighted by atomic mass is 16.6. The molecule has 8 heteroatoms. The number of fused-ring (bicyclic) bond motifs is 4. The number of hydrogen-bond donors (Lipinski definition) is 1. The van der Waals surface area contributed by atoms with Gasteiger partial charge in [-0.05, 0) is 80.1 Å². The van der Waals surface area contributed by atoms with Crippen LogP contribution in [0.3, 0.4) is 0 Å². The van der Waals surface area contributed by atoms with E-state index in [-0.39, 0.29) is 46.5 Å². The summed E-state index contributed by atoms with van der Waals surface area (Å²) in [4.78, 5) is 44.1. The number of carboxylic acid groups (broad SMARTS) is 1. The van der Waals surface area contributed by atoms with E-state index in [0.29, 0.717) is 34.8 Å². The van der Waals surface area contributed by atoms with Crippen LogP contribution in [-0.2, 0) is 33.4 Å². The summed E-state index contributed by atoms with van der Waals surface area (Å²) >= 11 is 0. The topological polar surface area (TPSA) is 116 Å². The maximum absolute atomic E-state index is 11.6. The average molecular weight is 629 g/mol. The second-order valence-electron chi connectivity index (χ2n) is 15.2. The highest BCUT2D eigenvalue weighted by Gasteiger charge is 2.63. The Hall–Kier alpha value is -3.16. The Bertz CT molecular complexity index is 1210. The summed E-state index contributed by atoms with van der Waals surface area (Å²) in [5.74, 6) is -0.543. The Morgan fingerprint density at radius 3 is 1.62 bits per heavy atom. The summed E-state index contributed by atoms with van der Waals surface area (Å²) in [5.41, 5.74) is 1.46. The van der Waals surface area contributed by atoms with Crippen molar-refractivity contribution in [2.45, 2.75) is 113 Å². The molecule has 0 aliphatic heterocycles. The van der Waals surface area contributed by atoms with Crippen LogP contribution in [0, 0.1) is 39.4 Å². The molecule has 4 aliphatic carbocycles. The number of aliphatic carboxylic acids is 1. The summed E-state index contributed by atoms with van der Waals surface area (Å²) in [6.45, 7) is 30.1. The van der Waals surface area contributed by atoms with Crippen molar-refractivity contribution >= 4 is 23.9 Å². The molecule has 6 atom stereocenters. The third kappa shape index (κ3) is 8.17. The summed E-state index contributed by atoms with van der Waals surface area (Å²) < 4.78 is 15.9. The lowest BCUT2D eigenvalue weighted by Gasteiger charge is -2.38. The van der Waals surface area contributed by atoms with Gasteiger partial charge in [-0.25, -0.2) is 19.2 Å². The molecule has 8 nitrogen and oxygen atoms in total. The van der Waals surface area contributed by atoms with Crippen molar-refractivity contribution in [3.8, 4) is 0 Å². The van der Waals surface area contributed by atoms with Gasteiger partial charge < -0.3 is 19.3 Å². The van der Waals surface area contributed by atoms with Crippen LogP contribution in [0.5, 0.6) is 0 Å². The lowest BCUT2D eigenvalue weighted by atomic mass is 9.70. The Kier molecular flexibility index (Phi) is 12.3. The molecule has 0 amide bonds. The number of carboxylic acids is 1. The Labute approximate surface area is 270 Å². The normalized spacial score (nSPS) is 31.2. The van der Waals surface area contributed by atoms with Crippen molar-refractivity contribution in [1.29, 1.82) is 0 Å². The minimum atomic E-state index is -1.12. The van der Waals surface area contributed by atoms with Crippen LogP contribution in [0.1, 0.15) is 101 Å². The zero-order valence-corrected chi connectivity index (χ0v) is 29.0. The molecule has 0 aromatic rings. The van der Waals surface area contributed by atoms with Crippen LogP contribution in [0.25, 0.3) is 0 Å². The molecule has 4 bridgehead atoms. The van der Waals surface area contributed by atoms with Crippen molar-refractivity contribution < 1.29 is 38.5 Å². The van der Waals surface area contributed by atoms with Crippen LogP contribution in [0.2, 0.25) is 0 Å². The van der Waals surface area contributed by atoms with E-state index in [2.05, 4.69) is 61.3 Å². The lowest BCUT2D eigenvalue weighted by Crippen LogP contribution is -2.38. The molecule has 4 aliphatic rings. The number of carbonyl (C=O) groups is 4. The van der Waals surface area contributed by atoms with Crippen molar-refractivity contribution in [2.24, 2.45) is 39.4 Å². The fourth-order valence-electron chi connectivity index (χ4n) is 7.61. The van der Waals surface area contributed by atoms with Gasteiger partial charge in [-0.3, -0.25) is 0 Å². The molecule has 0 aromatic carbocycles. The predicted octanol–water partition coefficient (Wildman–Crippen LogP) is 7.63. The van der Waals surface area contributed by atoms with Crippen molar-refractivity contribution in [1.82, 2.24) is 0 Å². The SMILES string of the molecule is C=C(C)C(=O)OC1CC2CCC1(C)C2(C)C.C=C(C=CC(=O)O)C(=O)OCC(C)C.C=CC(=O)OC1CC2CCC1(C)C2(C)C. The van der Waals surface area contributed by atoms with Crippen LogP contribution in [0.15, 0.2) is 49.1 Å². The van der Waals surface area contributed by atoms with E-state index in [1.54, 1.807) is 6.92 Å². The fraction of sp³-hybridized carbons (Fsp3) is 0.676. The van der Waals surface area contributed by atoms with Crippen molar-refractivity contribution in [3.05, 3.63) is 49.1 Å². The summed E-state index contributed by atoms with van der Waals surface area (Å²) in [6.07, 6.45) is 10.4. The molecule has 4 saturated carbocycles. The number of hydrogen-bond acceptors (Lipinski definition) is 7. The van der Waals surface area contributed by atoms with Gasteiger partial charge in [0.25, 0.3) is 0 Å². The van der Waals surface area contributed by atoms with Crippen LogP contribution >= 0.6 is 0 Å². The Morgan fingerprint density at radius 1 is 0.822 bits per heavy atom. The lowest BCUT2D eigenvalue weighted by molar-refractivity contribution is -0.152. The smallest absolute Gasteiger partial charge is 0.337 e. The molecule has 0 spiro atoms. The molecule has 4 rings (SSSR count). The molecular formula is C37H56O8. The van der Waals surface area contributed by atoms with E-state index >= 15 is 0 Å². The first kappa shape index (κ1) is 38.0. The molecule has 6 unspecified atom stereocenters. The molecule has 252 valence electrons. The average Bonchev–Trinajstić information content (AvgIpc) is 3.47. The Morgan fingerprint density at radius 2 is 1.29 bits per heavy atom. The summed E-state index contributed by atoms with van der Waals surface area (Å²) in [5, 5.41) is 8.28. The highest BCUT2D eigenvalue weighted by Crippen LogP contribution is 2.67.